The number of ether oxygens (including phenoxy) is 1. The summed E-state index contributed by atoms with van der Waals surface area (Å²) in [5.41, 5.74) is -1.66. The Hall–Kier alpha value is -3.15. The number of amides is 1. The zero-order chi connectivity index (χ0) is 20.3. The van der Waals surface area contributed by atoms with E-state index in [0.717, 1.165) is 6.20 Å². The number of anilines is 1. The third kappa shape index (κ3) is 4.06. The van der Waals surface area contributed by atoms with Gasteiger partial charge in [0.2, 0.25) is 5.88 Å². The van der Waals surface area contributed by atoms with E-state index in [-0.39, 0.29) is 17.4 Å². The lowest BCUT2D eigenvalue weighted by atomic mass is 10.2. The summed E-state index contributed by atoms with van der Waals surface area (Å²) in [6, 6.07) is 5.77. The van der Waals surface area contributed by atoms with Crippen LogP contribution in [-0.2, 0) is 6.18 Å². The normalized spacial score (nSPS) is 11.3. The van der Waals surface area contributed by atoms with Crippen molar-refractivity contribution in [3.8, 4) is 11.7 Å². The Balaban J connectivity index is 1.96. The minimum atomic E-state index is -4.86. The van der Waals surface area contributed by atoms with E-state index >= 15 is 0 Å². The van der Waals surface area contributed by atoms with Crippen LogP contribution in [0.15, 0.2) is 41.7 Å². The Morgan fingerprint density at radius 1 is 1.18 bits per heavy atom. The summed E-state index contributed by atoms with van der Waals surface area (Å²) in [6.45, 7) is 0. The Bertz CT molecular complexity index is 974. The third-order valence-electron chi connectivity index (χ3n) is 3.54. The van der Waals surface area contributed by atoms with Crippen LogP contribution in [0, 0.1) is 0 Å². The molecule has 0 radical (unpaired) electrons. The van der Waals surface area contributed by atoms with Crippen LogP contribution in [-0.4, -0.2) is 44.2 Å². The molecule has 3 heterocycles. The van der Waals surface area contributed by atoms with Crippen molar-refractivity contribution in [2.45, 2.75) is 11.2 Å². The number of carbonyl (C=O) groups is 1. The zero-order valence-corrected chi connectivity index (χ0v) is 15.4. The van der Waals surface area contributed by atoms with Gasteiger partial charge in [-0.1, -0.05) is 0 Å². The van der Waals surface area contributed by atoms with Crippen molar-refractivity contribution in [3.05, 3.63) is 47.9 Å². The number of thioether (sulfide) groups is 1. The molecule has 1 amide bonds. The van der Waals surface area contributed by atoms with Gasteiger partial charge in [0.05, 0.1) is 35.8 Å². The molecule has 0 aromatic carbocycles. The number of halogens is 3. The summed E-state index contributed by atoms with van der Waals surface area (Å²) in [7, 11) is 1.35. The predicted molar refractivity (Wildman–Crippen MR) is 94.7 cm³/mol. The molecule has 0 fully saturated rings. The molecule has 0 saturated carbocycles. The molecule has 3 rings (SSSR count). The van der Waals surface area contributed by atoms with Gasteiger partial charge in [-0.25, -0.2) is 9.67 Å². The van der Waals surface area contributed by atoms with Gasteiger partial charge < -0.3 is 10.1 Å². The van der Waals surface area contributed by atoms with Crippen molar-refractivity contribution >= 4 is 23.4 Å². The van der Waals surface area contributed by atoms with Gasteiger partial charge in [-0.2, -0.15) is 18.3 Å². The third-order valence-corrected chi connectivity index (χ3v) is 4.20. The first-order chi connectivity index (χ1) is 13.3. The fraction of sp³-hybridized carbons (Fsp3) is 0.188. The molecule has 8 nitrogen and oxygen atoms in total. The Kier molecular flexibility index (Phi) is 5.49. The lowest BCUT2D eigenvalue weighted by Crippen LogP contribution is -2.21. The molecule has 28 heavy (non-hydrogen) atoms. The summed E-state index contributed by atoms with van der Waals surface area (Å²) in [6.07, 6.45) is -0.845. The van der Waals surface area contributed by atoms with Crippen molar-refractivity contribution in [1.82, 2.24) is 25.0 Å². The SMILES string of the molecule is COc1ccc(-n2ncc(C(=O)Nc3ccc(SC)nc3)c2C(F)(F)F)nn1. The van der Waals surface area contributed by atoms with E-state index in [4.69, 9.17) is 4.74 Å². The Morgan fingerprint density at radius 2 is 1.96 bits per heavy atom. The number of nitrogens with zero attached hydrogens (tertiary/aromatic N) is 5. The van der Waals surface area contributed by atoms with Gasteiger partial charge in [0, 0.05) is 6.07 Å². The van der Waals surface area contributed by atoms with Crippen LogP contribution in [0.2, 0.25) is 0 Å². The molecule has 0 spiro atoms. The number of hydrogen-bond donors (Lipinski definition) is 1. The lowest BCUT2D eigenvalue weighted by Gasteiger charge is -2.12. The molecular formula is C16H13F3N6O2S. The number of alkyl halides is 3. The highest BCUT2D eigenvalue weighted by atomic mass is 32.2. The largest absolute Gasteiger partial charge is 0.480 e. The Labute approximate surface area is 161 Å². The van der Waals surface area contributed by atoms with Gasteiger partial charge in [-0.05, 0) is 24.5 Å². The highest BCUT2D eigenvalue weighted by Crippen LogP contribution is 2.33. The van der Waals surface area contributed by atoms with E-state index in [9.17, 15) is 18.0 Å². The van der Waals surface area contributed by atoms with Crippen LogP contribution in [0.25, 0.3) is 5.82 Å². The predicted octanol–water partition coefficient (Wildman–Crippen LogP) is 3.06. The second-order valence-electron chi connectivity index (χ2n) is 5.29. The molecule has 3 aromatic heterocycles. The molecule has 1 N–H and O–H groups in total. The van der Waals surface area contributed by atoms with E-state index in [1.807, 2.05) is 6.26 Å². The lowest BCUT2D eigenvalue weighted by molar-refractivity contribution is -0.143. The minimum absolute atomic E-state index is 0.128. The summed E-state index contributed by atoms with van der Waals surface area (Å²) >= 11 is 1.39. The van der Waals surface area contributed by atoms with Crippen LogP contribution >= 0.6 is 11.8 Å². The first-order valence-corrected chi connectivity index (χ1v) is 8.90. The molecule has 146 valence electrons. The molecule has 0 bridgehead atoms. The van der Waals surface area contributed by atoms with Gasteiger partial charge >= 0.3 is 6.18 Å². The van der Waals surface area contributed by atoms with E-state index in [0.29, 0.717) is 9.71 Å². The summed E-state index contributed by atoms with van der Waals surface area (Å²) in [4.78, 5) is 16.5. The number of rotatable bonds is 5. The molecule has 3 aromatic rings. The first-order valence-electron chi connectivity index (χ1n) is 7.68. The molecule has 0 atom stereocenters. The van der Waals surface area contributed by atoms with Crippen LogP contribution in [0.1, 0.15) is 16.1 Å². The van der Waals surface area contributed by atoms with Gasteiger partial charge in [0.15, 0.2) is 11.5 Å². The number of carbonyl (C=O) groups excluding carboxylic acids is 1. The number of nitrogens with one attached hydrogen (secondary N) is 1. The molecule has 0 saturated heterocycles. The maximum Gasteiger partial charge on any atom is 0.434 e. The maximum absolute atomic E-state index is 13.6. The van der Waals surface area contributed by atoms with Crippen molar-refractivity contribution in [2.75, 3.05) is 18.7 Å². The quantitative estimate of drug-likeness (QED) is 0.646. The van der Waals surface area contributed by atoms with Crippen molar-refractivity contribution in [2.24, 2.45) is 0 Å². The Morgan fingerprint density at radius 3 is 2.50 bits per heavy atom. The second-order valence-corrected chi connectivity index (χ2v) is 6.12. The standard InChI is InChI=1S/C16H13F3N6O2S/c1-27-12-5-4-11(23-24-12)25-14(16(17,18)19)10(8-21-25)15(26)22-9-3-6-13(28-2)20-7-9/h3-8H,1-2H3,(H,22,26). The highest BCUT2D eigenvalue weighted by molar-refractivity contribution is 7.98. The zero-order valence-electron chi connectivity index (χ0n) is 14.6. The van der Waals surface area contributed by atoms with Crippen molar-refractivity contribution < 1.29 is 22.7 Å². The number of hydrogen-bond acceptors (Lipinski definition) is 7. The number of pyridine rings is 1. The van der Waals surface area contributed by atoms with E-state index in [1.165, 1.54) is 37.2 Å². The summed E-state index contributed by atoms with van der Waals surface area (Å²) < 4.78 is 46.3. The van der Waals surface area contributed by atoms with Crippen LogP contribution in [0.3, 0.4) is 0 Å². The fourth-order valence-corrected chi connectivity index (χ4v) is 2.63. The van der Waals surface area contributed by atoms with Gasteiger partial charge in [-0.15, -0.1) is 22.0 Å². The fourth-order valence-electron chi connectivity index (χ4n) is 2.27. The van der Waals surface area contributed by atoms with Crippen LogP contribution in [0.5, 0.6) is 5.88 Å². The van der Waals surface area contributed by atoms with Gasteiger partial charge in [0.1, 0.15) is 0 Å². The molecule has 0 aliphatic carbocycles. The van der Waals surface area contributed by atoms with Gasteiger partial charge in [-0.3, -0.25) is 4.79 Å². The summed E-state index contributed by atoms with van der Waals surface area (Å²) in [5.74, 6) is -1.06. The van der Waals surface area contributed by atoms with E-state index in [1.54, 1.807) is 12.1 Å². The monoisotopic (exact) mass is 410 g/mol. The van der Waals surface area contributed by atoms with Gasteiger partial charge in [0.25, 0.3) is 5.91 Å². The summed E-state index contributed by atoms with van der Waals surface area (Å²) in [5, 5.41) is 14.0. The second kappa shape index (κ2) is 7.84. The average Bonchev–Trinajstić information content (AvgIpc) is 3.14. The van der Waals surface area contributed by atoms with Crippen molar-refractivity contribution in [3.63, 3.8) is 0 Å². The average molecular weight is 410 g/mol. The first kappa shape index (κ1) is 19.6. The maximum atomic E-state index is 13.6. The molecule has 12 heteroatoms. The van der Waals surface area contributed by atoms with Crippen LogP contribution in [0.4, 0.5) is 18.9 Å². The number of methoxy groups -OCH3 is 1. The molecule has 0 unspecified atom stereocenters. The molecule has 0 aliphatic heterocycles. The van der Waals surface area contributed by atoms with E-state index in [2.05, 4.69) is 25.6 Å². The minimum Gasteiger partial charge on any atom is -0.480 e. The van der Waals surface area contributed by atoms with Crippen LogP contribution < -0.4 is 10.1 Å². The molecular weight excluding hydrogens is 397 g/mol. The molecule has 0 aliphatic rings. The van der Waals surface area contributed by atoms with Crippen molar-refractivity contribution in [1.29, 1.82) is 0 Å². The van der Waals surface area contributed by atoms with E-state index < -0.39 is 23.3 Å². The topological polar surface area (TPSA) is 94.8 Å². The number of aromatic nitrogens is 5. The smallest absolute Gasteiger partial charge is 0.434 e. The highest BCUT2D eigenvalue weighted by Gasteiger charge is 2.41.